The predicted molar refractivity (Wildman–Crippen MR) is 132 cm³/mol. The van der Waals surface area contributed by atoms with Crippen LogP contribution in [0.3, 0.4) is 0 Å². The highest BCUT2D eigenvalue weighted by Gasteiger charge is 2.16. The van der Waals surface area contributed by atoms with Gasteiger partial charge in [0.15, 0.2) is 11.7 Å². The lowest BCUT2D eigenvalue weighted by Gasteiger charge is -2.08. The number of ketones is 1. The Morgan fingerprint density at radius 3 is 2.69 bits per heavy atom. The SMILES string of the molecule is Cc1cc(C(=O)Nc2cccc(C(=O)c3ccc4[nH]c(O)c(/C=N/c5ccn[nH]5)c4c3)c2)n(C)n1. The molecule has 0 saturated carbocycles. The van der Waals surface area contributed by atoms with Gasteiger partial charge in [0, 0.05) is 47.0 Å². The number of hydrogen-bond donors (Lipinski definition) is 4. The lowest BCUT2D eigenvalue weighted by atomic mass is 10.0. The number of aromatic nitrogens is 5. The first-order valence-electron chi connectivity index (χ1n) is 10.7. The van der Waals surface area contributed by atoms with Crippen molar-refractivity contribution in [1.82, 2.24) is 25.0 Å². The van der Waals surface area contributed by atoms with E-state index in [2.05, 4.69) is 30.6 Å². The molecule has 0 saturated heterocycles. The summed E-state index contributed by atoms with van der Waals surface area (Å²) >= 11 is 0. The van der Waals surface area contributed by atoms with Crippen molar-refractivity contribution < 1.29 is 14.7 Å². The van der Waals surface area contributed by atoms with Crippen LogP contribution < -0.4 is 5.32 Å². The standard InChI is InChI=1S/C25H21N7O3/c1-14-10-21(32(2)31-14)25(35)28-17-5-3-4-15(11-17)23(33)16-6-7-20-18(12-16)19(24(34)29-20)13-26-22-8-9-27-30-22/h3-13,29,34H,1-2H3,(H,27,30)(H,28,35)/b26-13+. The van der Waals surface area contributed by atoms with E-state index in [1.165, 1.54) is 10.9 Å². The second-order valence-corrected chi connectivity index (χ2v) is 8.01. The van der Waals surface area contributed by atoms with Gasteiger partial charge in [-0.1, -0.05) is 12.1 Å². The molecular weight excluding hydrogens is 446 g/mol. The van der Waals surface area contributed by atoms with Gasteiger partial charge in [-0.3, -0.25) is 19.4 Å². The number of anilines is 1. The monoisotopic (exact) mass is 467 g/mol. The number of aliphatic imine (C=N–C) groups is 1. The second kappa shape index (κ2) is 8.75. The molecule has 1 amide bonds. The summed E-state index contributed by atoms with van der Waals surface area (Å²) in [5.74, 6) is -0.0614. The van der Waals surface area contributed by atoms with Gasteiger partial charge >= 0.3 is 0 Å². The van der Waals surface area contributed by atoms with Crippen LogP contribution in [0.2, 0.25) is 0 Å². The first-order chi connectivity index (χ1) is 16.9. The van der Waals surface area contributed by atoms with Crippen LogP contribution in [0, 0.1) is 6.92 Å². The van der Waals surface area contributed by atoms with Crippen molar-refractivity contribution in [3.05, 3.63) is 88.9 Å². The number of fused-ring (bicyclic) bond motifs is 1. The highest BCUT2D eigenvalue weighted by atomic mass is 16.3. The fraction of sp³-hybridized carbons (Fsp3) is 0.0800. The maximum atomic E-state index is 13.3. The normalized spacial score (nSPS) is 11.4. The van der Waals surface area contributed by atoms with Crippen molar-refractivity contribution in [3.8, 4) is 5.88 Å². The van der Waals surface area contributed by atoms with E-state index in [0.717, 1.165) is 5.69 Å². The molecule has 3 aromatic heterocycles. The fourth-order valence-corrected chi connectivity index (χ4v) is 3.85. The average molecular weight is 467 g/mol. The molecule has 0 bridgehead atoms. The zero-order valence-electron chi connectivity index (χ0n) is 18.9. The Hall–Kier alpha value is -4.99. The zero-order valence-corrected chi connectivity index (χ0v) is 18.9. The molecule has 35 heavy (non-hydrogen) atoms. The molecular formula is C25H21N7O3. The number of carbonyl (C=O) groups is 2. The number of amides is 1. The molecule has 0 fully saturated rings. The van der Waals surface area contributed by atoms with Crippen molar-refractivity contribution >= 4 is 40.3 Å². The Labute approximate surface area is 199 Å². The smallest absolute Gasteiger partial charge is 0.273 e. The third kappa shape index (κ3) is 4.32. The van der Waals surface area contributed by atoms with Gasteiger partial charge < -0.3 is 15.4 Å². The molecule has 0 aliphatic heterocycles. The van der Waals surface area contributed by atoms with Gasteiger partial charge in [0.1, 0.15) is 11.5 Å². The number of aryl methyl sites for hydroxylation is 2. The zero-order chi connectivity index (χ0) is 24.5. The van der Waals surface area contributed by atoms with Gasteiger partial charge in [-0.05, 0) is 43.3 Å². The quantitative estimate of drug-likeness (QED) is 0.222. The van der Waals surface area contributed by atoms with Crippen molar-refractivity contribution in [2.24, 2.45) is 12.0 Å². The highest BCUT2D eigenvalue weighted by molar-refractivity contribution is 6.13. The predicted octanol–water partition coefficient (Wildman–Crippen LogP) is 3.87. The first kappa shape index (κ1) is 21.8. The molecule has 0 spiro atoms. The van der Waals surface area contributed by atoms with Gasteiger partial charge in [0.05, 0.1) is 17.5 Å². The molecule has 0 aliphatic carbocycles. The number of H-pyrrole nitrogens is 2. The van der Waals surface area contributed by atoms with Crippen molar-refractivity contribution in [2.75, 3.05) is 5.32 Å². The van der Waals surface area contributed by atoms with Crippen molar-refractivity contribution in [2.45, 2.75) is 6.92 Å². The van der Waals surface area contributed by atoms with Gasteiger partial charge in [-0.15, -0.1) is 0 Å². The maximum Gasteiger partial charge on any atom is 0.273 e. The third-order valence-electron chi connectivity index (χ3n) is 5.52. The molecule has 0 unspecified atom stereocenters. The number of nitrogens with one attached hydrogen (secondary N) is 3. The summed E-state index contributed by atoms with van der Waals surface area (Å²) in [5.41, 5.74) is 3.61. The molecule has 2 aromatic carbocycles. The average Bonchev–Trinajstić information content (AvgIpc) is 3.55. The number of rotatable bonds is 6. The number of benzene rings is 2. The van der Waals surface area contributed by atoms with E-state index in [1.807, 2.05) is 6.92 Å². The Balaban J connectivity index is 1.42. The van der Waals surface area contributed by atoms with Gasteiger partial charge in [-0.25, -0.2) is 4.99 Å². The Morgan fingerprint density at radius 1 is 1.11 bits per heavy atom. The molecule has 5 rings (SSSR count). The Kier molecular flexibility index (Phi) is 5.46. The van der Waals surface area contributed by atoms with Gasteiger partial charge in [-0.2, -0.15) is 10.2 Å². The number of aromatic amines is 2. The minimum atomic E-state index is -0.317. The summed E-state index contributed by atoms with van der Waals surface area (Å²) in [7, 11) is 1.70. The van der Waals surface area contributed by atoms with Crippen LogP contribution in [0.15, 0.2) is 65.8 Å². The Bertz CT molecular complexity index is 1590. The first-order valence-corrected chi connectivity index (χ1v) is 10.7. The molecule has 10 nitrogen and oxygen atoms in total. The second-order valence-electron chi connectivity index (χ2n) is 8.01. The molecule has 4 N–H and O–H groups in total. The van der Waals surface area contributed by atoms with E-state index in [0.29, 0.717) is 44.8 Å². The van der Waals surface area contributed by atoms with Gasteiger partial charge in [0.2, 0.25) is 0 Å². The number of carbonyl (C=O) groups excluding carboxylic acids is 2. The van der Waals surface area contributed by atoms with E-state index < -0.39 is 0 Å². The summed E-state index contributed by atoms with van der Waals surface area (Å²) in [6.45, 7) is 1.81. The highest BCUT2D eigenvalue weighted by Crippen LogP contribution is 2.28. The van der Waals surface area contributed by atoms with Crippen molar-refractivity contribution in [1.29, 1.82) is 0 Å². The van der Waals surface area contributed by atoms with Crippen LogP contribution in [0.5, 0.6) is 5.88 Å². The van der Waals surface area contributed by atoms with E-state index in [1.54, 1.807) is 67.8 Å². The summed E-state index contributed by atoms with van der Waals surface area (Å²) in [6.07, 6.45) is 3.08. The number of nitrogens with zero attached hydrogens (tertiary/aromatic N) is 4. The largest absolute Gasteiger partial charge is 0.494 e. The summed E-state index contributed by atoms with van der Waals surface area (Å²) in [5, 5.41) is 24.6. The lowest BCUT2D eigenvalue weighted by Crippen LogP contribution is -2.16. The number of aromatic hydroxyl groups is 1. The molecule has 10 heteroatoms. The number of hydrogen-bond acceptors (Lipinski definition) is 6. The summed E-state index contributed by atoms with van der Waals surface area (Å²) < 4.78 is 1.51. The molecule has 174 valence electrons. The van der Waals surface area contributed by atoms with Crippen LogP contribution in [-0.4, -0.2) is 48.0 Å². The van der Waals surface area contributed by atoms with E-state index >= 15 is 0 Å². The molecule has 0 radical (unpaired) electrons. The van der Waals surface area contributed by atoms with E-state index in [9.17, 15) is 14.7 Å². The van der Waals surface area contributed by atoms with E-state index in [4.69, 9.17) is 0 Å². The minimum absolute atomic E-state index is 0.0528. The molecule has 3 heterocycles. The maximum absolute atomic E-state index is 13.3. The fourth-order valence-electron chi connectivity index (χ4n) is 3.85. The third-order valence-corrected chi connectivity index (χ3v) is 5.52. The molecule has 0 atom stereocenters. The molecule has 5 aromatic rings. The summed E-state index contributed by atoms with van der Waals surface area (Å²) in [4.78, 5) is 33.1. The van der Waals surface area contributed by atoms with Crippen LogP contribution in [0.25, 0.3) is 10.9 Å². The van der Waals surface area contributed by atoms with Crippen LogP contribution >= 0.6 is 0 Å². The molecule has 0 aliphatic rings. The summed E-state index contributed by atoms with van der Waals surface area (Å²) in [6, 6.07) is 15.2. The van der Waals surface area contributed by atoms with Crippen LogP contribution in [0.4, 0.5) is 11.5 Å². The minimum Gasteiger partial charge on any atom is -0.494 e. The lowest BCUT2D eigenvalue weighted by molar-refractivity contribution is 0.101. The van der Waals surface area contributed by atoms with Crippen LogP contribution in [0.1, 0.15) is 37.7 Å². The topological polar surface area (TPSA) is 141 Å². The van der Waals surface area contributed by atoms with Gasteiger partial charge in [0.25, 0.3) is 5.91 Å². The Morgan fingerprint density at radius 2 is 1.94 bits per heavy atom. The van der Waals surface area contributed by atoms with E-state index in [-0.39, 0.29) is 17.6 Å². The van der Waals surface area contributed by atoms with Crippen LogP contribution in [-0.2, 0) is 7.05 Å². The van der Waals surface area contributed by atoms with Crippen molar-refractivity contribution in [3.63, 3.8) is 0 Å².